The van der Waals surface area contributed by atoms with E-state index < -0.39 is 6.23 Å². The number of hydroxylamine groups is 1. The lowest BCUT2D eigenvalue weighted by molar-refractivity contribution is -0.129. The number of unbranched alkanes of at least 4 members (excludes halogenated alkanes) is 3. The van der Waals surface area contributed by atoms with Crippen molar-refractivity contribution in [2.45, 2.75) is 87.3 Å². The largest absolute Gasteiger partial charge is 0.444 e. The van der Waals surface area contributed by atoms with Crippen LogP contribution in [0.25, 0.3) is 0 Å². The molecule has 11 heteroatoms. The summed E-state index contributed by atoms with van der Waals surface area (Å²) >= 11 is 3.18. The number of rotatable bonds is 13. The molecule has 3 heterocycles. The third-order valence-electron chi connectivity index (χ3n) is 6.22. The molecule has 0 aliphatic carbocycles. The van der Waals surface area contributed by atoms with Gasteiger partial charge in [0, 0.05) is 17.8 Å². The van der Waals surface area contributed by atoms with E-state index in [0.717, 1.165) is 73.3 Å². The maximum absolute atomic E-state index is 11.0. The Balaban J connectivity index is 1.31. The van der Waals surface area contributed by atoms with Crippen molar-refractivity contribution in [2.75, 3.05) is 25.0 Å². The minimum absolute atomic E-state index is 0.0501. The summed E-state index contributed by atoms with van der Waals surface area (Å²) in [6.07, 6.45) is 9.33. The van der Waals surface area contributed by atoms with E-state index in [0.29, 0.717) is 18.1 Å². The van der Waals surface area contributed by atoms with Gasteiger partial charge in [-0.3, -0.25) is 10.0 Å². The molecule has 2 aromatic rings. The van der Waals surface area contributed by atoms with Crippen LogP contribution in [-0.4, -0.2) is 57.0 Å². The Morgan fingerprint density at radius 2 is 1.97 bits per heavy atom. The van der Waals surface area contributed by atoms with Crippen LogP contribution in [0.4, 0.5) is 5.13 Å². The van der Waals surface area contributed by atoms with Crippen molar-refractivity contribution in [3.63, 3.8) is 0 Å². The fourth-order valence-corrected chi connectivity index (χ4v) is 5.77. The molecule has 1 fully saturated rings. The van der Waals surface area contributed by atoms with E-state index in [1.807, 2.05) is 6.20 Å². The van der Waals surface area contributed by atoms with Gasteiger partial charge in [-0.15, -0.1) is 11.8 Å². The molecule has 1 aliphatic rings. The monoisotopic (exact) mass is 525 g/mol. The zero-order chi connectivity index (χ0) is 25.3. The number of aromatic nitrogens is 2. The number of carbonyl (C=O) groups is 1. The van der Waals surface area contributed by atoms with Crippen LogP contribution in [-0.2, 0) is 16.0 Å². The molecular formula is C24H39N5O4S2. The highest BCUT2D eigenvalue weighted by Gasteiger charge is 2.25. The summed E-state index contributed by atoms with van der Waals surface area (Å²) in [6, 6.07) is 0. The Hall–Kier alpha value is -1.66. The van der Waals surface area contributed by atoms with Gasteiger partial charge in [0.05, 0.1) is 22.4 Å². The lowest BCUT2D eigenvalue weighted by atomic mass is 9.94. The molecule has 0 bridgehead atoms. The zero-order valence-corrected chi connectivity index (χ0v) is 22.6. The van der Waals surface area contributed by atoms with E-state index in [1.54, 1.807) is 34.8 Å². The van der Waals surface area contributed by atoms with E-state index in [-0.39, 0.29) is 17.2 Å². The van der Waals surface area contributed by atoms with Crippen LogP contribution in [0.1, 0.15) is 77.4 Å². The Labute approximate surface area is 216 Å². The molecule has 4 N–H and O–H groups in total. The molecule has 3 rings (SSSR count). The fraction of sp³-hybridized carbons (Fsp3) is 0.708. The molecule has 1 saturated heterocycles. The highest BCUT2D eigenvalue weighted by molar-refractivity contribution is 8.00. The second-order valence-corrected chi connectivity index (χ2v) is 12.4. The summed E-state index contributed by atoms with van der Waals surface area (Å²) in [5, 5.41) is 23.1. The number of amides is 1. The van der Waals surface area contributed by atoms with Crippen molar-refractivity contribution in [1.82, 2.24) is 20.3 Å². The van der Waals surface area contributed by atoms with Crippen molar-refractivity contribution in [3.8, 4) is 0 Å². The van der Waals surface area contributed by atoms with Crippen molar-refractivity contribution < 1.29 is 19.5 Å². The summed E-state index contributed by atoms with van der Waals surface area (Å²) in [6.45, 7) is 9.34. The lowest BCUT2D eigenvalue weighted by Gasteiger charge is -2.34. The molecule has 1 atom stereocenters. The smallest absolute Gasteiger partial charge is 0.243 e. The van der Waals surface area contributed by atoms with Crippen LogP contribution >= 0.6 is 23.1 Å². The normalized spacial score (nSPS) is 16.4. The SMILES string of the molecule is CC(C)(C)c1cnc(CSc2cnc(NC(O)C3CCN(CCCCCCC(=O)NO)CC3)s2)o1. The predicted octanol–water partition coefficient (Wildman–Crippen LogP) is 4.62. The quantitative estimate of drug-likeness (QED) is 0.0975. The molecule has 35 heavy (non-hydrogen) atoms. The maximum Gasteiger partial charge on any atom is 0.243 e. The molecule has 0 spiro atoms. The van der Waals surface area contributed by atoms with Gasteiger partial charge in [-0.25, -0.2) is 15.4 Å². The van der Waals surface area contributed by atoms with Crippen LogP contribution in [0, 0.1) is 5.92 Å². The first-order chi connectivity index (χ1) is 16.7. The highest BCUT2D eigenvalue weighted by atomic mass is 32.2. The van der Waals surface area contributed by atoms with Gasteiger partial charge >= 0.3 is 0 Å². The van der Waals surface area contributed by atoms with Crippen LogP contribution in [0.5, 0.6) is 0 Å². The minimum atomic E-state index is -0.597. The summed E-state index contributed by atoms with van der Waals surface area (Å²) in [5.41, 5.74) is 1.62. The van der Waals surface area contributed by atoms with Crippen molar-refractivity contribution in [2.24, 2.45) is 5.92 Å². The second-order valence-electron chi connectivity index (χ2n) is 10.1. The number of anilines is 1. The molecule has 2 aromatic heterocycles. The van der Waals surface area contributed by atoms with Crippen LogP contribution in [0.15, 0.2) is 21.0 Å². The number of aliphatic hydroxyl groups is 1. The number of carbonyl (C=O) groups excluding carboxylic acids is 1. The van der Waals surface area contributed by atoms with E-state index in [4.69, 9.17) is 9.62 Å². The maximum atomic E-state index is 11.0. The van der Waals surface area contributed by atoms with Gasteiger partial charge in [0.1, 0.15) is 12.0 Å². The van der Waals surface area contributed by atoms with E-state index in [9.17, 15) is 9.90 Å². The summed E-state index contributed by atoms with van der Waals surface area (Å²) in [4.78, 5) is 22.3. The molecule has 0 saturated carbocycles. The number of aliphatic hydroxyl groups excluding tert-OH is 1. The topological polar surface area (TPSA) is 124 Å². The van der Waals surface area contributed by atoms with Gasteiger partial charge in [0.15, 0.2) is 5.13 Å². The minimum Gasteiger partial charge on any atom is -0.444 e. The highest BCUT2D eigenvalue weighted by Crippen LogP contribution is 2.33. The Bertz CT molecular complexity index is 906. The van der Waals surface area contributed by atoms with Gasteiger partial charge in [-0.1, -0.05) is 44.9 Å². The lowest BCUT2D eigenvalue weighted by Crippen LogP contribution is -2.40. The zero-order valence-electron chi connectivity index (χ0n) is 21.0. The van der Waals surface area contributed by atoms with Crippen LogP contribution in [0.3, 0.4) is 0 Å². The number of likely N-dealkylation sites (tertiary alicyclic amines) is 1. The molecule has 0 radical (unpaired) electrons. The van der Waals surface area contributed by atoms with Crippen LogP contribution < -0.4 is 10.8 Å². The molecule has 1 amide bonds. The van der Waals surface area contributed by atoms with E-state index in [2.05, 4.69) is 41.0 Å². The molecule has 0 aromatic carbocycles. The molecule has 1 unspecified atom stereocenters. The number of thioether (sulfide) groups is 1. The number of nitrogens with one attached hydrogen (secondary N) is 2. The Morgan fingerprint density at radius 3 is 2.66 bits per heavy atom. The number of nitrogens with zero attached hydrogens (tertiary/aromatic N) is 3. The first kappa shape index (κ1) is 27.9. The van der Waals surface area contributed by atoms with Crippen molar-refractivity contribution in [3.05, 3.63) is 24.0 Å². The number of piperidine rings is 1. The third kappa shape index (κ3) is 9.38. The van der Waals surface area contributed by atoms with Crippen molar-refractivity contribution >= 4 is 34.1 Å². The number of thiazole rings is 1. The first-order valence-electron chi connectivity index (χ1n) is 12.4. The Kier molecular flexibility index (Phi) is 10.8. The summed E-state index contributed by atoms with van der Waals surface area (Å²) < 4.78 is 6.91. The molecular weight excluding hydrogens is 486 g/mol. The number of oxazole rings is 1. The van der Waals surface area contributed by atoms with E-state index in [1.165, 1.54) is 0 Å². The standard InChI is InChI=1S/C24H39N5O4S2/c1-24(2,3)18-14-25-20(33-18)16-34-21-15-26-23(35-21)27-22(31)17-9-12-29(13-10-17)11-7-5-4-6-8-19(30)28-32/h14-15,17,22,31-32H,4-13,16H2,1-3H3,(H,26,27)(H,28,30). The molecule has 9 nitrogen and oxygen atoms in total. The van der Waals surface area contributed by atoms with Gasteiger partial charge in [0.25, 0.3) is 0 Å². The van der Waals surface area contributed by atoms with Crippen molar-refractivity contribution in [1.29, 1.82) is 0 Å². The van der Waals surface area contributed by atoms with Crippen LogP contribution in [0.2, 0.25) is 0 Å². The first-order valence-corrected chi connectivity index (χ1v) is 14.2. The number of hydrogen-bond donors (Lipinski definition) is 4. The van der Waals surface area contributed by atoms with E-state index >= 15 is 0 Å². The fourth-order valence-electron chi connectivity index (χ4n) is 4.02. The van der Waals surface area contributed by atoms with Gasteiger partial charge in [0.2, 0.25) is 11.8 Å². The predicted molar refractivity (Wildman–Crippen MR) is 139 cm³/mol. The summed E-state index contributed by atoms with van der Waals surface area (Å²) in [7, 11) is 0. The summed E-state index contributed by atoms with van der Waals surface area (Å²) in [5.74, 6) is 2.15. The molecule has 196 valence electrons. The average molecular weight is 526 g/mol. The third-order valence-corrected chi connectivity index (χ3v) is 8.33. The Morgan fingerprint density at radius 1 is 1.23 bits per heavy atom. The van der Waals surface area contributed by atoms with Gasteiger partial charge in [-0.2, -0.15) is 0 Å². The molecule has 1 aliphatic heterocycles. The van der Waals surface area contributed by atoms with Gasteiger partial charge < -0.3 is 19.7 Å². The van der Waals surface area contributed by atoms with Gasteiger partial charge in [-0.05, 0) is 45.3 Å². The second kappa shape index (κ2) is 13.6. The number of hydrogen-bond acceptors (Lipinski definition) is 10. The average Bonchev–Trinajstić information content (AvgIpc) is 3.49.